The third kappa shape index (κ3) is 2.96. The van der Waals surface area contributed by atoms with Crippen LogP contribution in [0.15, 0.2) is 18.2 Å². The van der Waals surface area contributed by atoms with E-state index in [1.165, 1.54) is 12.8 Å². The van der Waals surface area contributed by atoms with Gasteiger partial charge in [-0.25, -0.2) is 4.39 Å². The molecule has 0 saturated carbocycles. The molecule has 0 radical (unpaired) electrons. The molecule has 2 atom stereocenters. The topological polar surface area (TPSA) is 41.1 Å². The van der Waals surface area contributed by atoms with Crippen LogP contribution in [0, 0.1) is 12.7 Å². The zero-order valence-corrected chi connectivity index (χ0v) is 12.3. The minimum Gasteiger partial charge on any atom is -0.349 e. The Hall–Kier alpha value is -1.13. The first-order valence-electron chi connectivity index (χ1n) is 6.95. The molecule has 2 heterocycles. The van der Waals surface area contributed by atoms with E-state index < -0.39 is 5.82 Å². The highest BCUT2D eigenvalue weighted by Gasteiger charge is 2.34. The molecule has 3 rings (SSSR count). The maximum absolute atomic E-state index is 13.9. The van der Waals surface area contributed by atoms with Crippen molar-refractivity contribution in [3.05, 3.63) is 35.1 Å². The van der Waals surface area contributed by atoms with E-state index in [2.05, 4.69) is 10.6 Å². The Labute approximate surface area is 124 Å². The highest BCUT2D eigenvalue weighted by molar-refractivity contribution is 5.94. The molecule has 2 fully saturated rings. The maximum Gasteiger partial charge on any atom is 0.254 e. The number of benzene rings is 1. The van der Waals surface area contributed by atoms with Gasteiger partial charge in [-0.15, -0.1) is 12.4 Å². The Morgan fingerprint density at radius 3 is 2.60 bits per heavy atom. The van der Waals surface area contributed by atoms with Crippen LogP contribution in [0.25, 0.3) is 0 Å². The molecule has 1 aromatic rings. The summed E-state index contributed by atoms with van der Waals surface area (Å²) >= 11 is 0. The van der Waals surface area contributed by atoms with Crippen LogP contribution in [-0.4, -0.2) is 24.0 Å². The van der Waals surface area contributed by atoms with Crippen molar-refractivity contribution >= 4 is 18.3 Å². The lowest BCUT2D eigenvalue weighted by molar-refractivity contribution is 0.0919. The number of carbonyl (C=O) groups excluding carboxylic acids is 1. The monoisotopic (exact) mass is 298 g/mol. The molecule has 1 aromatic carbocycles. The summed E-state index contributed by atoms with van der Waals surface area (Å²) in [5.74, 6) is -0.690. The largest absolute Gasteiger partial charge is 0.349 e. The highest BCUT2D eigenvalue weighted by Crippen LogP contribution is 2.27. The van der Waals surface area contributed by atoms with Crippen LogP contribution >= 0.6 is 12.4 Å². The van der Waals surface area contributed by atoms with Gasteiger partial charge in [0.05, 0.1) is 5.56 Å². The molecule has 2 N–H and O–H groups in total. The summed E-state index contributed by atoms with van der Waals surface area (Å²) in [6, 6.07) is 6.16. The Bertz CT molecular complexity index is 497. The number of nitrogens with one attached hydrogen (secondary N) is 2. The second-order valence-electron chi connectivity index (χ2n) is 5.72. The number of halogens is 2. The summed E-state index contributed by atoms with van der Waals surface area (Å²) in [6.45, 7) is 1.68. The molecule has 2 saturated heterocycles. The van der Waals surface area contributed by atoms with Gasteiger partial charge in [0.1, 0.15) is 5.82 Å². The summed E-state index contributed by atoms with van der Waals surface area (Å²) in [7, 11) is 0. The van der Waals surface area contributed by atoms with Gasteiger partial charge in [0, 0.05) is 18.1 Å². The minimum atomic E-state index is -0.406. The van der Waals surface area contributed by atoms with Crippen LogP contribution in [-0.2, 0) is 0 Å². The maximum atomic E-state index is 13.9. The number of hydrogen-bond donors (Lipinski definition) is 2. The average molecular weight is 299 g/mol. The summed E-state index contributed by atoms with van der Waals surface area (Å²) in [6.07, 6.45) is 4.29. The van der Waals surface area contributed by atoms with E-state index in [0.29, 0.717) is 17.6 Å². The first kappa shape index (κ1) is 15.3. The Kier molecular flexibility index (Phi) is 4.66. The molecular formula is C15H20ClFN2O. The van der Waals surface area contributed by atoms with Gasteiger partial charge >= 0.3 is 0 Å². The van der Waals surface area contributed by atoms with E-state index in [1.54, 1.807) is 25.1 Å². The van der Waals surface area contributed by atoms with E-state index in [9.17, 15) is 9.18 Å². The standard InChI is InChI=1S/C15H19FN2O.ClH/c1-9-3-2-4-13(14(9)16)15(19)18-12-7-10-5-6-11(8-12)17-10;/h2-4,10-12,17H,5-8H2,1H3,(H,18,19);1H. The molecule has 0 aliphatic carbocycles. The lowest BCUT2D eigenvalue weighted by Gasteiger charge is -2.29. The van der Waals surface area contributed by atoms with E-state index in [-0.39, 0.29) is 29.9 Å². The number of rotatable bonds is 2. The molecule has 5 heteroatoms. The summed E-state index contributed by atoms with van der Waals surface area (Å²) < 4.78 is 13.9. The second-order valence-corrected chi connectivity index (χ2v) is 5.72. The van der Waals surface area contributed by atoms with Crippen LogP contribution < -0.4 is 10.6 Å². The molecule has 110 valence electrons. The number of piperidine rings is 1. The Morgan fingerprint density at radius 1 is 1.30 bits per heavy atom. The quantitative estimate of drug-likeness (QED) is 0.881. The number of carbonyl (C=O) groups is 1. The van der Waals surface area contributed by atoms with E-state index in [0.717, 1.165) is 12.8 Å². The molecule has 20 heavy (non-hydrogen) atoms. The van der Waals surface area contributed by atoms with Crippen LogP contribution in [0.3, 0.4) is 0 Å². The van der Waals surface area contributed by atoms with Gasteiger partial charge < -0.3 is 10.6 Å². The van der Waals surface area contributed by atoms with Crippen molar-refractivity contribution in [1.29, 1.82) is 0 Å². The van der Waals surface area contributed by atoms with Gasteiger partial charge in [-0.2, -0.15) is 0 Å². The first-order valence-corrected chi connectivity index (χ1v) is 6.95. The van der Waals surface area contributed by atoms with Crippen LogP contribution in [0.4, 0.5) is 4.39 Å². The summed E-state index contributed by atoms with van der Waals surface area (Å²) in [4.78, 5) is 12.1. The number of aryl methyl sites for hydroxylation is 1. The SMILES string of the molecule is Cc1cccc(C(=O)NC2CC3CCC(C2)N3)c1F.Cl. The molecule has 0 spiro atoms. The minimum absolute atomic E-state index is 0. The van der Waals surface area contributed by atoms with Crippen molar-refractivity contribution in [3.63, 3.8) is 0 Å². The van der Waals surface area contributed by atoms with E-state index >= 15 is 0 Å². The first-order chi connectivity index (χ1) is 9.13. The van der Waals surface area contributed by atoms with Crippen molar-refractivity contribution in [2.45, 2.75) is 50.7 Å². The molecule has 2 unspecified atom stereocenters. The molecule has 2 aliphatic heterocycles. The fourth-order valence-corrected chi connectivity index (χ4v) is 3.26. The molecule has 2 bridgehead atoms. The second kappa shape index (κ2) is 6.10. The normalized spacial score (nSPS) is 27.8. The third-order valence-corrected chi connectivity index (χ3v) is 4.24. The fraction of sp³-hybridized carbons (Fsp3) is 0.533. The van der Waals surface area contributed by atoms with Gasteiger partial charge in [0.25, 0.3) is 5.91 Å². The van der Waals surface area contributed by atoms with Gasteiger partial charge in [-0.3, -0.25) is 4.79 Å². The average Bonchev–Trinajstić information content (AvgIpc) is 2.72. The predicted octanol–water partition coefficient (Wildman–Crippen LogP) is 2.57. The van der Waals surface area contributed by atoms with E-state index in [1.807, 2.05) is 0 Å². The number of amides is 1. The third-order valence-electron chi connectivity index (χ3n) is 4.24. The number of fused-ring (bicyclic) bond motifs is 2. The van der Waals surface area contributed by atoms with Crippen molar-refractivity contribution in [3.8, 4) is 0 Å². The van der Waals surface area contributed by atoms with Crippen LogP contribution in [0.2, 0.25) is 0 Å². The summed E-state index contributed by atoms with van der Waals surface area (Å²) in [5, 5.41) is 6.51. The van der Waals surface area contributed by atoms with Gasteiger partial charge in [0.15, 0.2) is 0 Å². The van der Waals surface area contributed by atoms with Crippen LogP contribution in [0.1, 0.15) is 41.6 Å². The van der Waals surface area contributed by atoms with Crippen LogP contribution in [0.5, 0.6) is 0 Å². The molecule has 2 aliphatic rings. The molecular weight excluding hydrogens is 279 g/mol. The van der Waals surface area contributed by atoms with Crippen molar-refractivity contribution in [1.82, 2.24) is 10.6 Å². The van der Waals surface area contributed by atoms with Crippen molar-refractivity contribution in [2.24, 2.45) is 0 Å². The van der Waals surface area contributed by atoms with Crippen molar-refractivity contribution in [2.75, 3.05) is 0 Å². The smallest absolute Gasteiger partial charge is 0.254 e. The van der Waals surface area contributed by atoms with Gasteiger partial charge in [-0.1, -0.05) is 12.1 Å². The fourth-order valence-electron chi connectivity index (χ4n) is 3.26. The van der Waals surface area contributed by atoms with Gasteiger partial charge in [0.2, 0.25) is 0 Å². The van der Waals surface area contributed by atoms with Gasteiger partial charge in [-0.05, 0) is 44.2 Å². The Morgan fingerprint density at radius 2 is 1.95 bits per heavy atom. The van der Waals surface area contributed by atoms with E-state index in [4.69, 9.17) is 0 Å². The zero-order valence-electron chi connectivity index (χ0n) is 11.5. The predicted molar refractivity (Wildman–Crippen MR) is 78.8 cm³/mol. The Balaban J connectivity index is 0.00000147. The summed E-state index contributed by atoms with van der Waals surface area (Å²) in [5.41, 5.74) is 0.670. The lowest BCUT2D eigenvalue weighted by atomic mass is 9.99. The zero-order chi connectivity index (χ0) is 13.4. The molecule has 3 nitrogen and oxygen atoms in total. The van der Waals surface area contributed by atoms with Crippen molar-refractivity contribution < 1.29 is 9.18 Å². The lowest BCUT2D eigenvalue weighted by Crippen LogP contribution is -2.48. The number of hydrogen-bond acceptors (Lipinski definition) is 2. The highest BCUT2D eigenvalue weighted by atomic mass is 35.5. The molecule has 1 amide bonds. The molecule has 0 aromatic heterocycles.